The van der Waals surface area contributed by atoms with Gasteiger partial charge in [-0.1, -0.05) is 52.5 Å². The van der Waals surface area contributed by atoms with Gasteiger partial charge in [-0.25, -0.2) is 0 Å². The normalized spacial score (nSPS) is 15.9. The van der Waals surface area contributed by atoms with E-state index in [0.29, 0.717) is 46.0 Å². The Morgan fingerprint density at radius 1 is 0.886 bits per heavy atom. The molecule has 2 aromatic rings. The van der Waals surface area contributed by atoms with Gasteiger partial charge in [-0.3, -0.25) is 9.59 Å². The van der Waals surface area contributed by atoms with E-state index in [2.05, 4.69) is 0 Å². The third kappa shape index (κ3) is 5.67. The average molecular weight is 555 g/mol. The van der Waals surface area contributed by atoms with E-state index in [4.69, 9.17) is 46.4 Å². The number of carbonyl (C=O) groups is 2. The highest BCUT2D eigenvalue weighted by Gasteiger charge is 2.30. The monoisotopic (exact) mass is 553 g/mol. The van der Waals surface area contributed by atoms with Gasteiger partial charge in [0.25, 0.3) is 0 Å². The molecule has 0 aromatic heterocycles. The molecular formula is C25H21Cl4N2O4+. The van der Waals surface area contributed by atoms with Crippen molar-refractivity contribution < 1.29 is 24.4 Å². The van der Waals surface area contributed by atoms with Crippen molar-refractivity contribution in [1.82, 2.24) is 0 Å². The minimum absolute atomic E-state index is 0.0299. The Labute approximate surface area is 222 Å². The molecule has 2 heterocycles. The topological polar surface area (TPSA) is 80.8 Å². The summed E-state index contributed by atoms with van der Waals surface area (Å²) in [7, 11) is 0. The van der Waals surface area contributed by atoms with Crippen LogP contribution in [0.15, 0.2) is 48.2 Å². The number of carboxylic acid groups (broad SMARTS) is 2. The molecule has 2 aliphatic heterocycles. The lowest BCUT2D eigenvalue weighted by molar-refractivity contribution is -0.435. The maximum Gasteiger partial charge on any atom is 0.309 e. The van der Waals surface area contributed by atoms with Crippen LogP contribution < -0.4 is 4.90 Å². The highest BCUT2D eigenvalue weighted by molar-refractivity contribution is 6.42. The summed E-state index contributed by atoms with van der Waals surface area (Å²) in [6.07, 6.45) is 6.84. The van der Waals surface area contributed by atoms with E-state index < -0.39 is 11.9 Å². The second kappa shape index (κ2) is 10.6. The fraction of sp³-hybridized carbons (Fsp3) is 0.240. The summed E-state index contributed by atoms with van der Waals surface area (Å²) in [5.41, 5.74) is 5.45. The molecule has 2 aliphatic rings. The summed E-state index contributed by atoms with van der Waals surface area (Å²) >= 11 is 24.8. The van der Waals surface area contributed by atoms with Crippen molar-refractivity contribution in [2.45, 2.75) is 25.7 Å². The molecule has 2 N–H and O–H groups in total. The lowest BCUT2D eigenvalue weighted by Gasteiger charge is -2.20. The first-order valence-electron chi connectivity index (χ1n) is 10.8. The van der Waals surface area contributed by atoms with E-state index in [1.165, 1.54) is 0 Å². The van der Waals surface area contributed by atoms with Gasteiger partial charge < -0.3 is 15.1 Å². The quantitative estimate of drug-likeness (QED) is 0.369. The van der Waals surface area contributed by atoms with Crippen LogP contribution in [-0.2, 0) is 22.4 Å². The Morgan fingerprint density at radius 2 is 1.51 bits per heavy atom. The second-order valence-corrected chi connectivity index (χ2v) is 9.87. The molecule has 0 spiro atoms. The van der Waals surface area contributed by atoms with Crippen molar-refractivity contribution in [3.05, 3.63) is 79.4 Å². The van der Waals surface area contributed by atoms with Gasteiger partial charge in [0, 0.05) is 42.1 Å². The van der Waals surface area contributed by atoms with Crippen molar-refractivity contribution >= 4 is 75.4 Å². The number of halogens is 4. The molecule has 10 heteroatoms. The Morgan fingerprint density at radius 3 is 2.20 bits per heavy atom. The van der Waals surface area contributed by atoms with Crippen LogP contribution in [0.3, 0.4) is 0 Å². The molecule has 0 radical (unpaired) electrons. The van der Waals surface area contributed by atoms with E-state index in [1.54, 1.807) is 24.3 Å². The first-order valence-corrected chi connectivity index (χ1v) is 12.3. The molecule has 6 nitrogen and oxygen atoms in total. The molecule has 0 unspecified atom stereocenters. The summed E-state index contributed by atoms with van der Waals surface area (Å²) in [5, 5.41) is 20.1. The number of rotatable bonds is 8. The number of hydrogen-bond acceptors (Lipinski definition) is 3. The summed E-state index contributed by atoms with van der Waals surface area (Å²) in [4.78, 5) is 24.4. The maximum atomic E-state index is 11.2. The zero-order valence-electron chi connectivity index (χ0n) is 18.4. The van der Waals surface area contributed by atoms with Crippen molar-refractivity contribution in [3.8, 4) is 0 Å². The van der Waals surface area contributed by atoms with E-state index in [-0.39, 0.29) is 12.8 Å². The summed E-state index contributed by atoms with van der Waals surface area (Å²) in [6.45, 7) is 0.591. The Kier molecular flexibility index (Phi) is 7.77. The van der Waals surface area contributed by atoms with Crippen LogP contribution in [-0.4, -0.2) is 45.5 Å². The molecule has 0 fully saturated rings. The number of fused-ring (bicyclic) bond motifs is 2. The van der Waals surface area contributed by atoms with E-state index >= 15 is 0 Å². The third-order valence-corrected chi connectivity index (χ3v) is 7.38. The molecule has 2 aromatic carbocycles. The fourth-order valence-corrected chi connectivity index (χ4v) is 5.03. The minimum Gasteiger partial charge on any atom is -0.481 e. The number of anilines is 1. The molecular weight excluding hydrogens is 534 g/mol. The van der Waals surface area contributed by atoms with Gasteiger partial charge in [0.15, 0.2) is 12.3 Å². The molecule has 0 atom stereocenters. The van der Waals surface area contributed by atoms with Crippen LogP contribution >= 0.6 is 46.4 Å². The first kappa shape index (κ1) is 25.6. The van der Waals surface area contributed by atoms with Crippen LogP contribution in [0.4, 0.5) is 11.4 Å². The van der Waals surface area contributed by atoms with Crippen molar-refractivity contribution in [2.24, 2.45) is 0 Å². The zero-order chi connectivity index (χ0) is 25.3. The van der Waals surface area contributed by atoms with Gasteiger partial charge in [-0.05, 0) is 29.8 Å². The van der Waals surface area contributed by atoms with Gasteiger partial charge >= 0.3 is 11.9 Å². The molecule has 182 valence electrons. The van der Waals surface area contributed by atoms with Gasteiger partial charge in [-0.2, -0.15) is 4.58 Å². The molecule has 35 heavy (non-hydrogen) atoms. The number of benzene rings is 2. The molecule has 0 amide bonds. The smallest absolute Gasteiger partial charge is 0.309 e. The van der Waals surface area contributed by atoms with Crippen LogP contribution in [0.1, 0.15) is 24.0 Å². The Balaban J connectivity index is 1.65. The van der Waals surface area contributed by atoms with Gasteiger partial charge in [0.1, 0.15) is 6.42 Å². The fourth-order valence-electron chi connectivity index (χ4n) is 4.34. The Bertz CT molecular complexity index is 1320. The molecule has 4 rings (SSSR count). The maximum absolute atomic E-state index is 11.2. The highest BCUT2D eigenvalue weighted by atomic mass is 35.5. The third-order valence-electron chi connectivity index (χ3n) is 5.94. The predicted molar refractivity (Wildman–Crippen MR) is 139 cm³/mol. The van der Waals surface area contributed by atoms with Crippen molar-refractivity contribution in [2.75, 3.05) is 18.0 Å². The van der Waals surface area contributed by atoms with Gasteiger partial charge in [0.05, 0.1) is 32.9 Å². The minimum atomic E-state index is -0.890. The number of aliphatic carboxylic acids is 2. The molecule has 0 saturated heterocycles. The molecule has 0 bridgehead atoms. The van der Waals surface area contributed by atoms with Crippen LogP contribution in [0.2, 0.25) is 20.1 Å². The summed E-state index contributed by atoms with van der Waals surface area (Å²) in [6, 6.07) is 7.13. The number of hydrogen-bond donors (Lipinski definition) is 2. The standard InChI is InChI=1S/C25H20Cl4N2O4/c26-18-10-14-8-16(30(6-4-24(32)33)22(14)12-20(18)28)2-1-3-17-9-15-11-19(27)21(29)13-23(15)31(17)7-5-25(34)35/h1-3,10-13H,4-9H2,(H-,32,33,34,35)/p+1. The second-order valence-electron chi connectivity index (χ2n) is 8.24. The van der Waals surface area contributed by atoms with Crippen molar-refractivity contribution in [3.63, 3.8) is 0 Å². The van der Waals surface area contributed by atoms with Gasteiger partial charge in [-0.15, -0.1) is 0 Å². The predicted octanol–water partition coefficient (Wildman–Crippen LogP) is 6.39. The van der Waals surface area contributed by atoms with Crippen LogP contribution in [0.25, 0.3) is 0 Å². The summed E-state index contributed by atoms with van der Waals surface area (Å²) < 4.78 is 1.94. The van der Waals surface area contributed by atoms with Gasteiger partial charge in [0.2, 0.25) is 5.69 Å². The largest absolute Gasteiger partial charge is 0.481 e. The van der Waals surface area contributed by atoms with E-state index in [1.807, 2.05) is 27.7 Å². The Hall–Kier alpha value is -2.51. The number of allylic oxidation sites excluding steroid dienone is 4. The molecule has 0 aliphatic carbocycles. The number of nitrogens with zero attached hydrogens (tertiary/aromatic N) is 2. The molecule has 0 saturated carbocycles. The van der Waals surface area contributed by atoms with E-state index in [0.717, 1.165) is 33.9 Å². The zero-order valence-corrected chi connectivity index (χ0v) is 21.4. The average Bonchev–Trinajstić information content (AvgIpc) is 3.28. The lowest BCUT2D eigenvalue weighted by atomic mass is 10.1. The summed E-state index contributed by atoms with van der Waals surface area (Å²) in [5.74, 6) is -1.78. The SMILES string of the molecule is O=C(O)CCN1/C(=C/C=C/C2=[N+](CCC(=O)O)c3cc(Cl)c(Cl)cc3C2)Cc2cc(Cl)c(Cl)cc21. The van der Waals surface area contributed by atoms with Crippen LogP contribution in [0.5, 0.6) is 0 Å². The van der Waals surface area contributed by atoms with E-state index in [9.17, 15) is 19.8 Å². The van der Waals surface area contributed by atoms with Crippen LogP contribution in [0, 0.1) is 0 Å². The lowest BCUT2D eigenvalue weighted by Crippen LogP contribution is -2.22. The highest BCUT2D eigenvalue weighted by Crippen LogP contribution is 2.40. The first-order chi connectivity index (χ1) is 16.6. The van der Waals surface area contributed by atoms with Crippen molar-refractivity contribution in [1.29, 1.82) is 0 Å². The number of carboxylic acids is 2.